The molecule has 3 atom stereocenters. The topological polar surface area (TPSA) is 119 Å². The van der Waals surface area contributed by atoms with E-state index in [-0.39, 0.29) is 12.4 Å². The van der Waals surface area contributed by atoms with Crippen LogP contribution in [0.25, 0.3) is 11.2 Å². The van der Waals surface area contributed by atoms with Gasteiger partial charge in [0.25, 0.3) is 0 Å². The summed E-state index contributed by atoms with van der Waals surface area (Å²) >= 11 is 0. The number of rotatable bonds is 2. The van der Waals surface area contributed by atoms with E-state index in [4.69, 9.17) is 15.6 Å². The van der Waals surface area contributed by atoms with Gasteiger partial charge in [-0.2, -0.15) is 0 Å². The normalized spacial score (nSPS) is 26.5. The van der Waals surface area contributed by atoms with Crippen LogP contribution in [-0.2, 0) is 4.74 Å². The zero-order valence-corrected chi connectivity index (χ0v) is 9.92. The molecule has 2 aromatic heterocycles. The van der Waals surface area contributed by atoms with E-state index in [1.54, 1.807) is 10.6 Å². The summed E-state index contributed by atoms with van der Waals surface area (Å²) in [6, 6.07) is -0.426. The summed E-state index contributed by atoms with van der Waals surface area (Å²) in [5.41, 5.74) is 6.72. The van der Waals surface area contributed by atoms with Gasteiger partial charge in [0, 0.05) is 0 Å². The quantitative estimate of drug-likeness (QED) is 0.649. The highest BCUT2D eigenvalue weighted by Gasteiger charge is 2.32. The predicted octanol–water partition coefficient (Wildman–Crippen LogP) is -0.785. The first kappa shape index (κ1) is 11.9. The summed E-state index contributed by atoms with van der Waals surface area (Å²) in [5.74, 6) is 0.285. The van der Waals surface area contributed by atoms with Gasteiger partial charge in [0.1, 0.15) is 24.1 Å². The second kappa shape index (κ2) is 4.48. The molecule has 4 N–H and O–H groups in total. The Hall–Kier alpha value is -2.19. The van der Waals surface area contributed by atoms with Crippen molar-refractivity contribution in [1.29, 1.82) is 0 Å². The first-order chi connectivity index (χ1) is 9.22. The van der Waals surface area contributed by atoms with Crippen LogP contribution in [0.5, 0.6) is 0 Å². The molecule has 100 valence electrons. The number of nitrogens with zero attached hydrogens (tertiary/aromatic N) is 4. The lowest BCUT2D eigenvalue weighted by Gasteiger charge is -2.30. The van der Waals surface area contributed by atoms with Gasteiger partial charge in [0.05, 0.1) is 25.2 Å². The van der Waals surface area contributed by atoms with Crippen LogP contribution in [0.3, 0.4) is 0 Å². The third-order valence-electron chi connectivity index (χ3n) is 3.15. The molecule has 0 aromatic carbocycles. The Labute approximate surface area is 108 Å². The van der Waals surface area contributed by atoms with Gasteiger partial charge in [0.2, 0.25) is 0 Å². The van der Waals surface area contributed by atoms with Gasteiger partial charge in [-0.3, -0.25) is 0 Å². The van der Waals surface area contributed by atoms with Gasteiger partial charge in [-0.05, 0) is 6.08 Å². The van der Waals surface area contributed by atoms with E-state index in [2.05, 4.69) is 15.0 Å². The van der Waals surface area contributed by atoms with Gasteiger partial charge >= 0.3 is 0 Å². The Morgan fingerprint density at radius 2 is 2.21 bits per heavy atom. The molecule has 0 unspecified atom stereocenters. The number of fused-ring (bicyclic) bond motifs is 1. The van der Waals surface area contributed by atoms with Crippen LogP contribution in [0.2, 0.25) is 0 Å². The van der Waals surface area contributed by atoms with Crippen LogP contribution in [-0.4, -0.2) is 48.5 Å². The fraction of sp³-hybridized carbons (Fsp3) is 0.364. The summed E-state index contributed by atoms with van der Waals surface area (Å²) in [6.07, 6.45) is 4.43. The Bertz CT molecular complexity index is 626. The molecule has 3 rings (SSSR count). The monoisotopic (exact) mass is 263 g/mol. The van der Waals surface area contributed by atoms with Crippen molar-refractivity contribution >= 4 is 17.0 Å². The molecule has 0 saturated heterocycles. The highest BCUT2D eigenvalue weighted by Crippen LogP contribution is 2.26. The van der Waals surface area contributed by atoms with Crippen molar-refractivity contribution in [1.82, 2.24) is 19.5 Å². The molecule has 0 aliphatic carbocycles. The summed E-state index contributed by atoms with van der Waals surface area (Å²) in [5, 5.41) is 19.3. The minimum absolute atomic E-state index is 0.272. The van der Waals surface area contributed by atoms with Gasteiger partial charge < -0.3 is 25.3 Å². The number of ether oxygens (including phenoxy) is 1. The fourth-order valence-corrected chi connectivity index (χ4v) is 2.14. The lowest BCUT2D eigenvalue weighted by molar-refractivity contribution is -0.0503. The van der Waals surface area contributed by atoms with Gasteiger partial charge in [-0.1, -0.05) is 0 Å². The zero-order chi connectivity index (χ0) is 13.4. The summed E-state index contributed by atoms with van der Waals surface area (Å²) in [6.45, 7) is -0.272. The van der Waals surface area contributed by atoms with Crippen molar-refractivity contribution in [3.63, 3.8) is 0 Å². The average molecular weight is 263 g/mol. The average Bonchev–Trinajstić information content (AvgIpc) is 2.84. The highest BCUT2D eigenvalue weighted by molar-refractivity contribution is 5.81. The Kier molecular flexibility index (Phi) is 2.80. The van der Waals surface area contributed by atoms with Crippen molar-refractivity contribution in [2.75, 3.05) is 12.3 Å². The van der Waals surface area contributed by atoms with E-state index in [0.29, 0.717) is 11.2 Å². The zero-order valence-electron chi connectivity index (χ0n) is 9.92. The minimum Gasteiger partial charge on any atom is -0.493 e. The van der Waals surface area contributed by atoms with E-state index in [0.717, 1.165) is 0 Å². The number of aromatic nitrogens is 4. The summed E-state index contributed by atoms with van der Waals surface area (Å²) in [7, 11) is 0. The number of hydrogen-bond acceptors (Lipinski definition) is 7. The van der Waals surface area contributed by atoms with E-state index in [1.807, 2.05) is 0 Å². The number of anilines is 1. The largest absolute Gasteiger partial charge is 0.493 e. The SMILES string of the molecule is Nc1ncnc2c1ncn2[C@@H]1C=CO[C@@H](CO)[C@@H]1O. The number of nitrogen functional groups attached to an aromatic ring is 1. The summed E-state index contributed by atoms with van der Waals surface area (Å²) in [4.78, 5) is 12.1. The van der Waals surface area contributed by atoms with Crippen LogP contribution in [0, 0.1) is 0 Å². The molecular weight excluding hydrogens is 250 g/mol. The second-order valence-electron chi connectivity index (χ2n) is 4.25. The van der Waals surface area contributed by atoms with Crippen molar-refractivity contribution < 1.29 is 14.9 Å². The minimum atomic E-state index is -0.899. The Morgan fingerprint density at radius 3 is 3.00 bits per heavy atom. The maximum atomic E-state index is 10.2. The molecule has 8 heteroatoms. The van der Waals surface area contributed by atoms with Crippen molar-refractivity contribution in [2.45, 2.75) is 18.2 Å². The Balaban J connectivity index is 2.07. The predicted molar refractivity (Wildman–Crippen MR) is 65.9 cm³/mol. The van der Waals surface area contributed by atoms with Crippen LogP contribution < -0.4 is 5.73 Å². The molecule has 1 aliphatic rings. The second-order valence-corrected chi connectivity index (χ2v) is 4.25. The molecule has 3 heterocycles. The summed E-state index contributed by atoms with van der Waals surface area (Å²) < 4.78 is 6.81. The van der Waals surface area contributed by atoms with Crippen LogP contribution in [0.1, 0.15) is 6.04 Å². The molecule has 0 saturated carbocycles. The third kappa shape index (κ3) is 1.81. The van der Waals surface area contributed by atoms with Crippen molar-refractivity contribution in [2.24, 2.45) is 0 Å². The number of hydrogen-bond donors (Lipinski definition) is 3. The lowest BCUT2D eigenvalue weighted by Crippen LogP contribution is -2.40. The van der Waals surface area contributed by atoms with Gasteiger partial charge in [0.15, 0.2) is 11.5 Å². The molecule has 19 heavy (non-hydrogen) atoms. The van der Waals surface area contributed by atoms with Crippen molar-refractivity contribution in [3.8, 4) is 0 Å². The standard InChI is InChI=1S/C11H13N5O3/c12-10-8-11(14-4-13-10)16(5-15-8)6-1-2-19-7(3-17)9(6)18/h1-2,4-7,9,17-18H,3H2,(H2,12,13,14)/t6-,7+,9-/m1/s1. The van der Waals surface area contributed by atoms with Crippen LogP contribution in [0.15, 0.2) is 25.0 Å². The lowest BCUT2D eigenvalue weighted by atomic mass is 10.0. The van der Waals surface area contributed by atoms with Crippen LogP contribution >= 0.6 is 0 Å². The maximum absolute atomic E-state index is 10.2. The van der Waals surface area contributed by atoms with Crippen LogP contribution in [0.4, 0.5) is 5.82 Å². The number of nitrogens with two attached hydrogens (primary N) is 1. The van der Waals surface area contributed by atoms with Gasteiger partial charge in [-0.25, -0.2) is 15.0 Å². The van der Waals surface area contributed by atoms with E-state index < -0.39 is 18.2 Å². The first-order valence-electron chi connectivity index (χ1n) is 5.76. The molecule has 0 amide bonds. The molecule has 8 nitrogen and oxygen atoms in total. The number of aliphatic hydroxyl groups is 2. The molecule has 0 radical (unpaired) electrons. The third-order valence-corrected chi connectivity index (χ3v) is 3.15. The number of aliphatic hydroxyl groups excluding tert-OH is 2. The van der Waals surface area contributed by atoms with Gasteiger partial charge in [-0.15, -0.1) is 0 Å². The number of imidazole rings is 1. The Morgan fingerprint density at radius 1 is 1.37 bits per heavy atom. The smallest absolute Gasteiger partial charge is 0.166 e. The molecule has 2 aromatic rings. The molecule has 0 bridgehead atoms. The first-order valence-corrected chi connectivity index (χ1v) is 5.76. The molecule has 0 spiro atoms. The van der Waals surface area contributed by atoms with Crippen molar-refractivity contribution in [3.05, 3.63) is 25.0 Å². The van der Waals surface area contributed by atoms with E-state index in [1.165, 1.54) is 18.9 Å². The highest BCUT2D eigenvalue weighted by atomic mass is 16.5. The van der Waals surface area contributed by atoms with E-state index in [9.17, 15) is 5.11 Å². The fourth-order valence-electron chi connectivity index (χ4n) is 2.14. The van der Waals surface area contributed by atoms with E-state index >= 15 is 0 Å². The molecular formula is C11H13N5O3. The maximum Gasteiger partial charge on any atom is 0.166 e. The molecule has 1 aliphatic heterocycles. The molecule has 0 fully saturated rings.